The van der Waals surface area contributed by atoms with Crippen molar-refractivity contribution in [2.24, 2.45) is 0 Å². The van der Waals surface area contributed by atoms with Crippen molar-refractivity contribution in [3.05, 3.63) is 90.5 Å². The molecular formula is C23H24NO5PS. The summed E-state index contributed by atoms with van der Waals surface area (Å²) in [4.78, 5) is 12.9. The predicted octanol–water partition coefficient (Wildman–Crippen LogP) is 5.79. The molecule has 6 nitrogen and oxygen atoms in total. The van der Waals surface area contributed by atoms with Gasteiger partial charge in [0.25, 0.3) is 0 Å². The highest BCUT2D eigenvalue weighted by Crippen LogP contribution is 2.50. The summed E-state index contributed by atoms with van der Waals surface area (Å²) >= 11 is 1.29. The number of carbonyl (C=O) groups is 1. The Bertz CT molecular complexity index is 970. The summed E-state index contributed by atoms with van der Waals surface area (Å²) in [6.07, 6.45) is -0.134. The van der Waals surface area contributed by atoms with Crippen molar-refractivity contribution in [2.45, 2.75) is 11.8 Å². The average molecular weight is 457 g/mol. The van der Waals surface area contributed by atoms with E-state index in [1.54, 1.807) is 52.8 Å². The lowest BCUT2D eigenvalue weighted by Gasteiger charge is -2.26. The van der Waals surface area contributed by atoms with E-state index in [9.17, 15) is 9.36 Å². The molecule has 0 saturated carbocycles. The quantitative estimate of drug-likeness (QED) is 0.217. The van der Waals surface area contributed by atoms with Crippen molar-refractivity contribution in [2.75, 3.05) is 19.9 Å². The van der Waals surface area contributed by atoms with Crippen LogP contribution in [-0.4, -0.2) is 30.2 Å². The second kappa shape index (κ2) is 11.0. The first-order valence-corrected chi connectivity index (χ1v) is 12.1. The van der Waals surface area contributed by atoms with E-state index in [2.05, 4.69) is 0 Å². The predicted molar refractivity (Wildman–Crippen MR) is 122 cm³/mol. The number of ether oxygens (including phenoxy) is 1. The van der Waals surface area contributed by atoms with Gasteiger partial charge in [-0.1, -0.05) is 54.1 Å². The van der Waals surface area contributed by atoms with E-state index < -0.39 is 13.6 Å². The SMILES string of the molecule is COC(=O)CN(CP(=O)(Oc1ccccc1)Oc1ccccc1)Sc1ccc(C)cc1. The highest BCUT2D eigenvalue weighted by molar-refractivity contribution is 7.97. The largest absolute Gasteiger partial charge is 0.468 e. The molecule has 0 bridgehead atoms. The van der Waals surface area contributed by atoms with Gasteiger partial charge in [0, 0.05) is 4.90 Å². The number of methoxy groups -OCH3 is 1. The fourth-order valence-electron chi connectivity index (χ4n) is 2.62. The topological polar surface area (TPSA) is 65.1 Å². The van der Waals surface area contributed by atoms with E-state index in [4.69, 9.17) is 13.8 Å². The van der Waals surface area contributed by atoms with Crippen LogP contribution in [0.3, 0.4) is 0 Å². The Balaban J connectivity index is 1.86. The average Bonchev–Trinajstić information content (AvgIpc) is 2.76. The van der Waals surface area contributed by atoms with Gasteiger partial charge in [-0.05, 0) is 55.3 Å². The maximum atomic E-state index is 13.8. The normalized spacial score (nSPS) is 11.2. The maximum Gasteiger partial charge on any atom is 0.445 e. The van der Waals surface area contributed by atoms with Crippen LogP contribution in [0.15, 0.2) is 89.8 Å². The summed E-state index contributed by atoms with van der Waals surface area (Å²) in [5.74, 6) is 0.380. The summed E-state index contributed by atoms with van der Waals surface area (Å²) in [5.41, 5.74) is 1.12. The number of aryl methyl sites for hydroxylation is 1. The lowest BCUT2D eigenvalue weighted by atomic mass is 10.2. The van der Waals surface area contributed by atoms with Crippen molar-refractivity contribution in [3.63, 3.8) is 0 Å². The molecule has 0 aliphatic carbocycles. The van der Waals surface area contributed by atoms with Crippen molar-refractivity contribution < 1.29 is 23.1 Å². The summed E-state index contributed by atoms with van der Waals surface area (Å²) < 4.78 is 31.9. The van der Waals surface area contributed by atoms with Gasteiger partial charge in [0.15, 0.2) is 0 Å². The summed E-state index contributed by atoms with van der Waals surface area (Å²) in [7, 11) is -2.42. The third kappa shape index (κ3) is 7.47. The molecular weight excluding hydrogens is 433 g/mol. The van der Waals surface area contributed by atoms with Gasteiger partial charge in [-0.25, -0.2) is 8.87 Å². The molecule has 0 spiro atoms. The fourth-order valence-corrected chi connectivity index (χ4v) is 5.53. The van der Waals surface area contributed by atoms with Crippen LogP contribution in [0, 0.1) is 6.92 Å². The summed E-state index contributed by atoms with van der Waals surface area (Å²) in [6.45, 7) is 1.91. The first-order chi connectivity index (χ1) is 15.0. The Kier molecular flexibility index (Phi) is 8.18. The molecule has 0 amide bonds. The van der Waals surface area contributed by atoms with Gasteiger partial charge in [0.1, 0.15) is 24.3 Å². The lowest BCUT2D eigenvalue weighted by Crippen LogP contribution is -2.27. The smallest absolute Gasteiger partial charge is 0.445 e. The first kappa shape index (κ1) is 22.9. The zero-order valence-corrected chi connectivity index (χ0v) is 19.1. The van der Waals surface area contributed by atoms with E-state index in [1.807, 2.05) is 43.3 Å². The van der Waals surface area contributed by atoms with Crippen LogP contribution in [0.2, 0.25) is 0 Å². The van der Waals surface area contributed by atoms with Crippen molar-refractivity contribution >= 4 is 25.5 Å². The van der Waals surface area contributed by atoms with Crippen LogP contribution in [0.4, 0.5) is 0 Å². The molecule has 0 heterocycles. The van der Waals surface area contributed by atoms with Gasteiger partial charge < -0.3 is 13.8 Å². The molecule has 3 aromatic rings. The number of para-hydroxylation sites is 2. The Morgan fingerprint density at radius 2 is 1.39 bits per heavy atom. The van der Waals surface area contributed by atoms with Gasteiger partial charge in [0.05, 0.1) is 7.11 Å². The van der Waals surface area contributed by atoms with Crippen molar-refractivity contribution in [1.82, 2.24) is 4.31 Å². The molecule has 0 radical (unpaired) electrons. The van der Waals surface area contributed by atoms with E-state index in [-0.39, 0.29) is 12.8 Å². The molecule has 0 aliphatic rings. The van der Waals surface area contributed by atoms with Gasteiger partial charge in [-0.3, -0.25) is 4.79 Å². The molecule has 0 atom stereocenters. The summed E-state index contributed by atoms with van der Waals surface area (Å²) in [5, 5.41) is 0. The van der Waals surface area contributed by atoms with Gasteiger partial charge in [0.2, 0.25) is 0 Å². The first-order valence-electron chi connectivity index (χ1n) is 9.60. The fraction of sp³-hybridized carbons (Fsp3) is 0.174. The molecule has 0 unspecified atom stereocenters. The zero-order valence-electron chi connectivity index (χ0n) is 17.3. The second-order valence-electron chi connectivity index (χ2n) is 6.68. The molecule has 0 aromatic heterocycles. The number of hydrogen-bond donors (Lipinski definition) is 0. The van der Waals surface area contributed by atoms with Gasteiger partial charge in [-0.15, -0.1) is 0 Å². The van der Waals surface area contributed by atoms with Crippen LogP contribution >= 0.6 is 19.5 Å². The highest BCUT2D eigenvalue weighted by atomic mass is 32.2. The minimum atomic E-state index is -3.74. The maximum absolute atomic E-state index is 13.8. The zero-order chi connectivity index (χ0) is 22.1. The third-order valence-corrected chi connectivity index (χ3v) is 6.95. The molecule has 3 rings (SSSR count). The molecule has 0 saturated heterocycles. The third-order valence-electron chi connectivity index (χ3n) is 4.09. The van der Waals surface area contributed by atoms with Crippen molar-refractivity contribution in [3.8, 4) is 11.5 Å². The van der Waals surface area contributed by atoms with E-state index in [1.165, 1.54) is 19.1 Å². The van der Waals surface area contributed by atoms with E-state index in [0.29, 0.717) is 11.5 Å². The Hall–Kier alpha value is -2.73. The molecule has 3 aromatic carbocycles. The van der Waals surface area contributed by atoms with Crippen LogP contribution < -0.4 is 9.05 Å². The Labute approximate surface area is 186 Å². The molecule has 0 N–H and O–H groups in total. The number of rotatable bonds is 10. The standard InChI is InChI=1S/C23H24NO5PS/c1-19-13-15-22(16-14-19)31-24(17-23(25)27-2)18-30(26,28-20-9-5-3-6-10-20)29-21-11-7-4-8-12-21/h3-16H,17-18H2,1-2H3. The van der Waals surface area contributed by atoms with Crippen LogP contribution in [0.5, 0.6) is 11.5 Å². The molecule has 0 fully saturated rings. The minimum absolute atomic E-state index is 0.0880. The lowest BCUT2D eigenvalue weighted by molar-refractivity contribution is -0.140. The van der Waals surface area contributed by atoms with E-state index >= 15 is 0 Å². The Morgan fingerprint density at radius 1 is 0.871 bits per heavy atom. The van der Waals surface area contributed by atoms with Crippen LogP contribution in [0.25, 0.3) is 0 Å². The van der Waals surface area contributed by atoms with E-state index in [0.717, 1.165) is 10.5 Å². The molecule has 8 heteroatoms. The molecule has 162 valence electrons. The summed E-state index contributed by atoms with van der Waals surface area (Å²) in [6, 6.07) is 25.5. The number of carbonyl (C=O) groups excluding carboxylic acids is 1. The number of benzene rings is 3. The second-order valence-corrected chi connectivity index (χ2v) is 9.72. The van der Waals surface area contributed by atoms with Crippen molar-refractivity contribution in [1.29, 1.82) is 0 Å². The van der Waals surface area contributed by atoms with Crippen LogP contribution in [-0.2, 0) is 14.1 Å². The monoisotopic (exact) mass is 457 g/mol. The number of hydrogen-bond acceptors (Lipinski definition) is 7. The van der Waals surface area contributed by atoms with Gasteiger partial charge in [-0.2, -0.15) is 0 Å². The molecule has 0 aliphatic heterocycles. The molecule has 31 heavy (non-hydrogen) atoms. The number of esters is 1. The number of nitrogens with zero attached hydrogens (tertiary/aromatic N) is 1. The van der Waals surface area contributed by atoms with Crippen LogP contribution in [0.1, 0.15) is 5.56 Å². The minimum Gasteiger partial charge on any atom is -0.468 e. The van der Waals surface area contributed by atoms with Gasteiger partial charge >= 0.3 is 13.6 Å². The highest BCUT2D eigenvalue weighted by Gasteiger charge is 2.33. The Morgan fingerprint density at radius 3 is 1.87 bits per heavy atom.